The fraction of sp³-hybridized carbons (Fsp3) is 0.364. The predicted molar refractivity (Wildman–Crippen MR) is 68.9 cm³/mol. The van der Waals surface area contributed by atoms with Crippen molar-refractivity contribution in [3.63, 3.8) is 0 Å². The van der Waals surface area contributed by atoms with E-state index in [1.54, 1.807) is 14.0 Å². The smallest absolute Gasteiger partial charge is 0.170 e. The summed E-state index contributed by atoms with van der Waals surface area (Å²) in [7, 11) is 1.60. The van der Waals surface area contributed by atoms with Gasteiger partial charge in [-0.1, -0.05) is 12.1 Å². The Morgan fingerprint density at radius 1 is 1.50 bits per heavy atom. The van der Waals surface area contributed by atoms with Crippen molar-refractivity contribution in [1.29, 1.82) is 0 Å². The molecule has 4 nitrogen and oxygen atoms in total. The summed E-state index contributed by atoms with van der Waals surface area (Å²) in [5.74, 6) is 0.726. The van der Waals surface area contributed by atoms with Crippen molar-refractivity contribution in [2.75, 3.05) is 19.0 Å². The van der Waals surface area contributed by atoms with Crippen LogP contribution in [0.15, 0.2) is 24.3 Å². The van der Waals surface area contributed by atoms with Gasteiger partial charge >= 0.3 is 0 Å². The van der Waals surface area contributed by atoms with Crippen LogP contribution in [0, 0.1) is 0 Å². The van der Waals surface area contributed by atoms with E-state index in [1.807, 2.05) is 24.3 Å². The van der Waals surface area contributed by atoms with Crippen LogP contribution in [-0.2, 0) is 0 Å². The molecule has 0 aliphatic carbocycles. The van der Waals surface area contributed by atoms with E-state index in [-0.39, 0.29) is 0 Å². The van der Waals surface area contributed by atoms with Crippen molar-refractivity contribution in [2.45, 2.75) is 13.0 Å². The fourth-order valence-electron chi connectivity index (χ4n) is 1.15. The lowest BCUT2D eigenvalue weighted by Gasteiger charge is -2.13. The molecule has 16 heavy (non-hydrogen) atoms. The monoisotopic (exact) mass is 240 g/mol. The number of hydrogen-bond acceptors (Lipinski definition) is 3. The van der Waals surface area contributed by atoms with E-state index in [0.717, 1.165) is 11.4 Å². The molecule has 0 radical (unpaired) electrons. The Kier molecular flexibility index (Phi) is 5.01. The SMILES string of the molecule is COc1ccccc1NC(=S)NC[C@@H](C)O. The lowest BCUT2D eigenvalue weighted by Crippen LogP contribution is -2.33. The van der Waals surface area contributed by atoms with Crippen LogP contribution in [0.4, 0.5) is 5.69 Å². The first-order valence-corrected chi connectivity index (χ1v) is 5.40. The molecule has 5 heteroatoms. The second-order valence-electron chi connectivity index (χ2n) is 3.38. The molecule has 1 aromatic carbocycles. The van der Waals surface area contributed by atoms with Crippen molar-refractivity contribution < 1.29 is 9.84 Å². The second-order valence-corrected chi connectivity index (χ2v) is 3.79. The molecule has 0 saturated heterocycles. The van der Waals surface area contributed by atoms with Gasteiger partial charge in [0.25, 0.3) is 0 Å². The van der Waals surface area contributed by atoms with Gasteiger partial charge < -0.3 is 20.5 Å². The van der Waals surface area contributed by atoms with Gasteiger partial charge in [-0.2, -0.15) is 0 Å². The summed E-state index contributed by atoms with van der Waals surface area (Å²) < 4.78 is 5.17. The Balaban J connectivity index is 2.55. The van der Waals surface area contributed by atoms with Crippen LogP contribution >= 0.6 is 12.2 Å². The Morgan fingerprint density at radius 2 is 2.19 bits per heavy atom. The number of anilines is 1. The van der Waals surface area contributed by atoms with Crippen LogP contribution < -0.4 is 15.4 Å². The standard InChI is InChI=1S/C11H16N2O2S/c1-8(14)7-12-11(16)13-9-5-3-4-6-10(9)15-2/h3-6,8,14H,7H2,1-2H3,(H2,12,13,16)/t8-/m1/s1. The largest absolute Gasteiger partial charge is 0.495 e. The molecule has 1 aromatic rings. The van der Waals surface area contributed by atoms with Gasteiger partial charge in [-0.3, -0.25) is 0 Å². The molecule has 0 aliphatic rings. The number of benzene rings is 1. The quantitative estimate of drug-likeness (QED) is 0.694. The molecule has 0 unspecified atom stereocenters. The first-order valence-electron chi connectivity index (χ1n) is 4.99. The van der Waals surface area contributed by atoms with Gasteiger partial charge in [0.2, 0.25) is 0 Å². The zero-order valence-corrected chi connectivity index (χ0v) is 10.2. The highest BCUT2D eigenvalue weighted by atomic mass is 32.1. The zero-order chi connectivity index (χ0) is 12.0. The van der Waals surface area contributed by atoms with Crippen molar-refractivity contribution in [3.8, 4) is 5.75 Å². The van der Waals surface area contributed by atoms with Gasteiger partial charge in [0.05, 0.1) is 18.9 Å². The summed E-state index contributed by atoms with van der Waals surface area (Å²) >= 11 is 5.07. The van der Waals surface area contributed by atoms with E-state index < -0.39 is 6.10 Å². The summed E-state index contributed by atoms with van der Waals surface area (Å²) in [6.45, 7) is 2.11. The van der Waals surface area contributed by atoms with E-state index in [4.69, 9.17) is 22.1 Å². The van der Waals surface area contributed by atoms with Crippen molar-refractivity contribution in [1.82, 2.24) is 5.32 Å². The van der Waals surface area contributed by atoms with Gasteiger partial charge in [-0.25, -0.2) is 0 Å². The van der Waals surface area contributed by atoms with Crippen LogP contribution in [0.1, 0.15) is 6.92 Å². The maximum atomic E-state index is 9.09. The number of aliphatic hydroxyl groups is 1. The normalized spacial score (nSPS) is 11.7. The minimum absolute atomic E-state index is 0.418. The molecule has 0 saturated carbocycles. The molecule has 1 rings (SSSR count). The van der Waals surface area contributed by atoms with E-state index in [9.17, 15) is 0 Å². The molecule has 0 aromatic heterocycles. The summed E-state index contributed by atoms with van der Waals surface area (Å²) in [4.78, 5) is 0. The summed E-state index contributed by atoms with van der Waals surface area (Å²) in [5, 5.41) is 15.5. The summed E-state index contributed by atoms with van der Waals surface area (Å²) in [5.41, 5.74) is 0.799. The Morgan fingerprint density at radius 3 is 2.81 bits per heavy atom. The number of para-hydroxylation sites is 2. The van der Waals surface area contributed by atoms with Crippen molar-refractivity contribution in [3.05, 3.63) is 24.3 Å². The maximum Gasteiger partial charge on any atom is 0.170 e. The average molecular weight is 240 g/mol. The third-order valence-electron chi connectivity index (χ3n) is 1.91. The van der Waals surface area contributed by atoms with Crippen LogP contribution in [0.2, 0.25) is 0 Å². The van der Waals surface area contributed by atoms with Crippen LogP contribution in [-0.4, -0.2) is 30.0 Å². The number of nitrogens with one attached hydrogen (secondary N) is 2. The number of hydrogen-bond donors (Lipinski definition) is 3. The molecule has 0 heterocycles. The van der Waals surface area contributed by atoms with Crippen molar-refractivity contribution >= 4 is 23.0 Å². The van der Waals surface area contributed by atoms with Crippen LogP contribution in [0.5, 0.6) is 5.75 Å². The van der Waals surface area contributed by atoms with Gasteiger partial charge in [0.1, 0.15) is 5.75 Å². The van der Waals surface area contributed by atoms with E-state index in [1.165, 1.54) is 0 Å². The summed E-state index contributed by atoms with van der Waals surface area (Å²) in [6.07, 6.45) is -0.433. The van der Waals surface area contributed by atoms with Gasteiger partial charge in [0, 0.05) is 6.54 Å². The zero-order valence-electron chi connectivity index (χ0n) is 9.36. The Hall–Kier alpha value is -1.33. The first-order chi connectivity index (χ1) is 7.63. The average Bonchev–Trinajstić information content (AvgIpc) is 2.27. The fourth-order valence-corrected chi connectivity index (χ4v) is 1.35. The number of thiocarbonyl (C=S) groups is 1. The highest BCUT2D eigenvalue weighted by Crippen LogP contribution is 2.22. The third kappa shape index (κ3) is 4.04. The van der Waals surface area contributed by atoms with Crippen LogP contribution in [0.25, 0.3) is 0 Å². The molecule has 0 spiro atoms. The molecule has 3 N–H and O–H groups in total. The maximum absolute atomic E-state index is 9.09. The molecule has 88 valence electrons. The lowest BCUT2D eigenvalue weighted by molar-refractivity contribution is 0.198. The molecule has 0 bridgehead atoms. The Labute approximate surface area is 101 Å². The lowest BCUT2D eigenvalue weighted by atomic mass is 10.3. The summed E-state index contributed by atoms with van der Waals surface area (Å²) in [6, 6.07) is 7.49. The third-order valence-corrected chi connectivity index (χ3v) is 2.16. The minimum Gasteiger partial charge on any atom is -0.495 e. The molecule has 0 fully saturated rings. The topological polar surface area (TPSA) is 53.5 Å². The highest BCUT2D eigenvalue weighted by molar-refractivity contribution is 7.80. The second kappa shape index (κ2) is 6.30. The molecule has 1 atom stereocenters. The molecular weight excluding hydrogens is 224 g/mol. The van der Waals surface area contributed by atoms with E-state index >= 15 is 0 Å². The molecule has 0 aliphatic heterocycles. The number of ether oxygens (including phenoxy) is 1. The molecule has 0 amide bonds. The van der Waals surface area contributed by atoms with Gasteiger partial charge in [-0.15, -0.1) is 0 Å². The van der Waals surface area contributed by atoms with E-state index in [2.05, 4.69) is 10.6 Å². The first kappa shape index (κ1) is 12.7. The van der Waals surface area contributed by atoms with Crippen molar-refractivity contribution in [2.24, 2.45) is 0 Å². The number of aliphatic hydroxyl groups excluding tert-OH is 1. The van der Waals surface area contributed by atoms with E-state index in [0.29, 0.717) is 11.7 Å². The number of rotatable bonds is 4. The molecular formula is C11H16N2O2S. The minimum atomic E-state index is -0.433. The highest BCUT2D eigenvalue weighted by Gasteiger charge is 2.03. The van der Waals surface area contributed by atoms with Gasteiger partial charge in [-0.05, 0) is 31.3 Å². The predicted octanol–water partition coefficient (Wildman–Crippen LogP) is 1.36. The van der Waals surface area contributed by atoms with Crippen LogP contribution in [0.3, 0.4) is 0 Å². The Bertz CT molecular complexity index is 356. The van der Waals surface area contributed by atoms with Gasteiger partial charge in [0.15, 0.2) is 5.11 Å². The number of methoxy groups -OCH3 is 1.